The first-order chi connectivity index (χ1) is 12.6. The highest BCUT2D eigenvalue weighted by molar-refractivity contribution is 7.69. The van der Waals surface area contributed by atoms with Crippen LogP contribution in [0.4, 0.5) is 0 Å². The van der Waals surface area contributed by atoms with Gasteiger partial charge in [0.05, 0.1) is 14.8 Å². The molecular formula is C21H43O4P. The molecule has 0 aromatic carbocycles. The van der Waals surface area contributed by atoms with Crippen LogP contribution in [-0.2, 0) is 4.79 Å². The van der Waals surface area contributed by atoms with Crippen molar-refractivity contribution in [3.8, 4) is 0 Å². The number of carbonyl (C=O) groups excluding carboxylic acids is 1. The van der Waals surface area contributed by atoms with Crippen molar-refractivity contribution in [1.29, 1.82) is 0 Å². The first-order valence-electron chi connectivity index (χ1n) is 10.9. The van der Waals surface area contributed by atoms with E-state index in [4.69, 9.17) is 5.11 Å². The molecule has 0 aliphatic rings. The third-order valence-corrected chi connectivity index (χ3v) is 6.48. The standard InChI is InChI=1S/C21H43O4P/c1-2-3-4-5-6-7-8-9-10-11-12-13-14-15-16-17-18-26(25)21(24)20(23)19-22/h20,22-23,25H,2-19H2,1H3. The van der Waals surface area contributed by atoms with E-state index in [1.807, 2.05) is 0 Å². The van der Waals surface area contributed by atoms with E-state index in [0.29, 0.717) is 6.16 Å². The fraction of sp³-hybridized carbons (Fsp3) is 0.952. The quantitative estimate of drug-likeness (QED) is 0.189. The number of aliphatic hydroxyl groups excluding tert-OH is 2. The maximum absolute atomic E-state index is 11.4. The van der Waals surface area contributed by atoms with Crippen molar-refractivity contribution in [2.45, 2.75) is 116 Å². The second-order valence-corrected chi connectivity index (χ2v) is 9.15. The number of carbonyl (C=O) groups is 1. The second kappa shape index (κ2) is 19.7. The Kier molecular flexibility index (Phi) is 19.7. The van der Waals surface area contributed by atoms with E-state index in [-0.39, 0.29) is 0 Å². The van der Waals surface area contributed by atoms with Crippen LogP contribution in [0.2, 0.25) is 0 Å². The predicted molar refractivity (Wildman–Crippen MR) is 112 cm³/mol. The lowest BCUT2D eigenvalue weighted by Gasteiger charge is -2.12. The SMILES string of the molecule is CCCCCCCCCCCCCCCCCCP(O)C(=O)C(O)CO. The molecule has 0 aliphatic carbocycles. The van der Waals surface area contributed by atoms with Crippen molar-refractivity contribution in [2.24, 2.45) is 0 Å². The van der Waals surface area contributed by atoms with Gasteiger partial charge in [-0.05, 0) is 12.6 Å². The van der Waals surface area contributed by atoms with E-state index in [0.717, 1.165) is 19.3 Å². The van der Waals surface area contributed by atoms with E-state index in [9.17, 15) is 14.8 Å². The summed E-state index contributed by atoms with van der Waals surface area (Å²) in [6.07, 6.45) is 19.8. The van der Waals surface area contributed by atoms with Gasteiger partial charge in [0, 0.05) is 0 Å². The average molecular weight is 391 g/mol. The molecule has 0 saturated carbocycles. The average Bonchev–Trinajstić information content (AvgIpc) is 2.66. The molecule has 2 atom stereocenters. The second-order valence-electron chi connectivity index (χ2n) is 7.46. The Balaban J connectivity index is 3.21. The Morgan fingerprint density at radius 3 is 1.42 bits per heavy atom. The van der Waals surface area contributed by atoms with Gasteiger partial charge >= 0.3 is 0 Å². The number of hydrogen-bond donors (Lipinski definition) is 3. The fourth-order valence-electron chi connectivity index (χ4n) is 3.17. The number of rotatable bonds is 20. The molecule has 0 amide bonds. The lowest BCUT2D eigenvalue weighted by atomic mass is 10.0. The molecular weight excluding hydrogens is 347 g/mol. The summed E-state index contributed by atoms with van der Waals surface area (Å²) in [6.45, 7) is 1.66. The Morgan fingerprint density at radius 1 is 0.731 bits per heavy atom. The zero-order valence-corrected chi connectivity index (χ0v) is 17.9. The van der Waals surface area contributed by atoms with E-state index >= 15 is 0 Å². The molecule has 3 N–H and O–H groups in total. The van der Waals surface area contributed by atoms with Crippen LogP contribution in [0.25, 0.3) is 0 Å². The van der Waals surface area contributed by atoms with Gasteiger partial charge in [-0.25, -0.2) is 0 Å². The molecule has 0 radical (unpaired) electrons. The minimum atomic E-state index is -1.78. The molecule has 2 unspecified atom stereocenters. The van der Waals surface area contributed by atoms with E-state index < -0.39 is 26.4 Å². The third-order valence-electron chi connectivity index (χ3n) is 4.94. The van der Waals surface area contributed by atoms with E-state index in [2.05, 4.69) is 6.92 Å². The van der Waals surface area contributed by atoms with Gasteiger partial charge in [-0.3, -0.25) is 4.79 Å². The Labute approximate surface area is 162 Å². The molecule has 0 aromatic heterocycles. The molecule has 0 saturated heterocycles. The van der Waals surface area contributed by atoms with Crippen LogP contribution in [0.1, 0.15) is 110 Å². The van der Waals surface area contributed by atoms with Crippen LogP contribution in [-0.4, -0.2) is 39.5 Å². The summed E-state index contributed by atoms with van der Waals surface area (Å²) in [6, 6.07) is 0. The summed E-state index contributed by atoms with van der Waals surface area (Å²) in [5.74, 6) is 0. The lowest BCUT2D eigenvalue weighted by molar-refractivity contribution is -0.121. The Bertz CT molecular complexity index is 312. The van der Waals surface area contributed by atoms with Crippen molar-refractivity contribution < 1.29 is 19.9 Å². The highest BCUT2D eigenvalue weighted by Crippen LogP contribution is 2.33. The Morgan fingerprint density at radius 2 is 1.08 bits per heavy atom. The molecule has 0 aliphatic heterocycles. The third kappa shape index (κ3) is 16.2. The normalized spacial score (nSPS) is 13.7. The minimum Gasteiger partial charge on any atom is -0.393 e. The van der Waals surface area contributed by atoms with Gasteiger partial charge in [0.1, 0.15) is 6.10 Å². The van der Waals surface area contributed by atoms with Crippen LogP contribution in [0.3, 0.4) is 0 Å². The first kappa shape index (κ1) is 26.0. The van der Waals surface area contributed by atoms with Gasteiger partial charge in [0.25, 0.3) is 0 Å². The molecule has 26 heavy (non-hydrogen) atoms. The molecule has 0 bridgehead atoms. The van der Waals surface area contributed by atoms with E-state index in [1.54, 1.807) is 0 Å². The van der Waals surface area contributed by atoms with Crippen LogP contribution in [0, 0.1) is 0 Å². The van der Waals surface area contributed by atoms with Crippen molar-refractivity contribution >= 4 is 13.7 Å². The van der Waals surface area contributed by atoms with Crippen molar-refractivity contribution in [3.63, 3.8) is 0 Å². The molecule has 0 aromatic rings. The maximum atomic E-state index is 11.4. The fourth-order valence-corrected chi connectivity index (χ4v) is 4.34. The van der Waals surface area contributed by atoms with Gasteiger partial charge in [0.2, 0.25) is 5.52 Å². The summed E-state index contributed by atoms with van der Waals surface area (Å²) in [5.41, 5.74) is -0.594. The number of unbranched alkanes of at least 4 members (excludes halogenated alkanes) is 15. The molecule has 0 spiro atoms. The Hall–Kier alpha value is -0.0200. The summed E-state index contributed by atoms with van der Waals surface area (Å²) >= 11 is 0. The summed E-state index contributed by atoms with van der Waals surface area (Å²) in [5, 5.41) is 17.9. The molecule has 0 fully saturated rings. The number of hydrogen-bond acceptors (Lipinski definition) is 4. The molecule has 5 heteroatoms. The highest BCUT2D eigenvalue weighted by Gasteiger charge is 2.22. The van der Waals surface area contributed by atoms with Crippen molar-refractivity contribution in [1.82, 2.24) is 0 Å². The first-order valence-corrected chi connectivity index (χ1v) is 12.4. The zero-order valence-electron chi connectivity index (χ0n) is 17.0. The molecule has 4 nitrogen and oxygen atoms in total. The van der Waals surface area contributed by atoms with Crippen LogP contribution in [0.15, 0.2) is 0 Å². The van der Waals surface area contributed by atoms with Crippen LogP contribution >= 0.6 is 8.15 Å². The van der Waals surface area contributed by atoms with Gasteiger partial charge in [-0.2, -0.15) is 0 Å². The van der Waals surface area contributed by atoms with Gasteiger partial charge in [-0.1, -0.05) is 103 Å². The summed E-state index contributed by atoms with van der Waals surface area (Å²) in [4.78, 5) is 21.1. The smallest absolute Gasteiger partial charge is 0.211 e. The van der Waals surface area contributed by atoms with Crippen LogP contribution in [0.5, 0.6) is 0 Å². The van der Waals surface area contributed by atoms with Gasteiger partial charge in [-0.15, -0.1) is 0 Å². The number of aliphatic hydroxyl groups is 2. The summed E-state index contributed by atoms with van der Waals surface area (Å²) < 4.78 is 0. The lowest BCUT2D eigenvalue weighted by Crippen LogP contribution is -2.23. The largest absolute Gasteiger partial charge is 0.393 e. The predicted octanol–water partition coefficient (Wildman–Crippen LogP) is 5.52. The zero-order chi connectivity index (χ0) is 19.5. The topological polar surface area (TPSA) is 77.8 Å². The van der Waals surface area contributed by atoms with Crippen LogP contribution < -0.4 is 0 Å². The minimum absolute atomic E-state index is 0.448. The van der Waals surface area contributed by atoms with Gasteiger partial charge in [0.15, 0.2) is 0 Å². The maximum Gasteiger partial charge on any atom is 0.211 e. The van der Waals surface area contributed by atoms with E-state index in [1.165, 1.54) is 83.5 Å². The highest BCUT2D eigenvalue weighted by atomic mass is 31.1. The monoisotopic (exact) mass is 390 g/mol. The van der Waals surface area contributed by atoms with Crippen molar-refractivity contribution in [2.75, 3.05) is 12.8 Å². The van der Waals surface area contributed by atoms with Crippen molar-refractivity contribution in [3.05, 3.63) is 0 Å². The molecule has 156 valence electrons. The molecule has 0 rings (SSSR count). The summed E-state index contributed by atoms with van der Waals surface area (Å²) in [7, 11) is -1.78. The molecule has 0 heterocycles. The van der Waals surface area contributed by atoms with Gasteiger partial charge < -0.3 is 15.1 Å².